The predicted octanol–water partition coefficient (Wildman–Crippen LogP) is 2.46. The SMILES string of the molecule is O=C(NS(=O)(=O)c1cc(F)ccc1F)c1cn(-c2ccc(F)cc2Cl)nn1. The molecule has 2 aromatic carbocycles. The van der Waals surface area contributed by atoms with Crippen LogP contribution >= 0.6 is 11.6 Å². The summed E-state index contributed by atoms with van der Waals surface area (Å²) in [6.07, 6.45) is 1.03. The monoisotopic (exact) mass is 416 g/mol. The van der Waals surface area contributed by atoms with Gasteiger partial charge in [-0.05, 0) is 36.4 Å². The molecule has 0 radical (unpaired) electrons. The van der Waals surface area contributed by atoms with Gasteiger partial charge in [0.25, 0.3) is 15.9 Å². The second-order valence-electron chi connectivity index (χ2n) is 5.15. The van der Waals surface area contributed by atoms with E-state index >= 15 is 0 Å². The van der Waals surface area contributed by atoms with Gasteiger partial charge < -0.3 is 0 Å². The Kier molecular flexibility index (Phi) is 4.89. The molecular formula is C15H8ClF3N4O3S. The molecule has 0 aliphatic carbocycles. The first kappa shape index (κ1) is 18.9. The molecule has 0 atom stereocenters. The van der Waals surface area contributed by atoms with Crippen LogP contribution in [0.1, 0.15) is 10.5 Å². The molecule has 1 N–H and O–H groups in total. The molecular weight excluding hydrogens is 409 g/mol. The van der Waals surface area contributed by atoms with Crippen LogP contribution in [0.25, 0.3) is 5.69 Å². The van der Waals surface area contributed by atoms with Crippen molar-refractivity contribution in [2.75, 3.05) is 0 Å². The third kappa shape index (κ3) is 3.93. The Hall–Kier alpha value is -2.92. The summed E-state index contributed by atoms with van der Waals surface area (Å²) >= 11 is 5.87. The summed E-state index contributed by atoms with van der Waals surface area (Å²) < 4.78 is 66.7. The van der Waals surface area contributed by atoms with Crippen molar-refractivity contribution in [3.63, 3.8) is 0 Å². The van der Waals surface area contributed by atoms with E-state index in [2.05, 4.69) is 10.3 Å². The molecule has 1 heterocycles. The van der Waals surface area contributed by atoms with E-state index in [0.717, 1.165) is 29.1 Å². The summed E-state index contributed by atoms with van der Waals surface area (Å²) in [4.78, 5) is 11.1. The Balaban J connectivity index is 1.87. The first-order chi connectivity index (χ1) is 12.7. The number of aromatic nitrogens is 3. The molecule has 12 heteroatoms. The second kappa shape index (κ2) is 7.00. The van der Waals surface area contributed by atoms with E-state index in [1.807, 2.05) is 0 Å². The van der Waals surface area contributed by atoms with E-state index in [9.17, 15) is 26.4 Å². The Morgan fingerprint density at radius 1 is 1.07 bits per heavy atom. The number of hydrogen-bond donors (Lipinski definition) is 1. The third-order valence-electron chi connectivity index (χ3n) is 3.29. The average Bonchev–Trinajstić information content (AvgIpc) is 3.06. The zero-order valence-electron chi connectivity index (χ0n) is 13.0. The number of carbonyl (C=O) groups excluding carboxylic acids is 1. The first-order valence-corrected chi connectivity index (χ1v) is 8.93. The minimum atomic E-state index is -4.70. The maximum absolute atomic E-state index is 13.6. The van der Waals surface area contributed by atoms with Crippen LogP contribution in [0.4, 0.5) is 13.2 Å². The molecule has 0 aliphatic heterocycles. The normalized spacial score (nSPS) is 11.4. The molecule has 140 valence electrons. The van der Waals surface area contributed by atoms with Crippen molar-refractivity contribution < 1.29 is 26.4 Å². The maximum Gasteiger partial charge on any atom is 0.287 e. The lowest BCUT2D eigenvalue weighted by atomic mass is 10.3. The number of nitrogens with zero attached hydrogens (tertiary/aromatic N) is 3. The summed E-state index contributed by atoms with van der Waals surface area (Å²) in [5, 5.41) is 7.07. The summed E-state index contributed by atoms with van der Waals surface area (Å²) in [6, 6.07) is 5.15. The molecule has 27 heavy (non-hydrogen) atoms. The minimum Gasteiger partial charge on any atom is -0.266 e. The minimum absolute atomic E-state index is 0.0266. The fourth-order valence-corrected chi connectivity index (χ4v) is 3.37. The van der Waals surface area contributed by atoms with Crippen LogP contribution < -0.4 is 4.72 Å². The zero-order chi connectivity index (χ0) is 19.8. The average molecular weight is 417 g/mol. The lowest BCUT2D eigenvalue weighted by Gasteiger charge is -2.06. The van der Waals surface area contributed by atoms with E-state index in [1.54, 1.807) is 4.72 Å². The Bertz CT molecular complexity index is 1150. The summed E-state index contributed by atoms with van der Waals surface area (Å²) in [7, 11) is -4.70. The zero-order valence-corrected chi connectivity index (χ0v) is 14.6. The molecule has 3 aromatic rings. The van der Waals surface area contributed by atoms with Crippen LogP contribution in [0.5, 0.6) is 0 Å². The van der Waals surface area contributed by atoms with Gasteiger partial charge in [0.2, 0.25) is 0 Å². The van der Waals surface area contributed by atoms with Crippen molar-refractivity contribution >= 4 is 27.5 Å². The number of benzene rings is 2. The number of sulfonamides is 1. The van der Waals surface area contributed by atoms with Crippen molar-refractivity contribution in [2.24, 2.45) is 0 Å². The summed E-state index contributed by atoms with van der Waals surface area (Å²) in [5.74, 6) is -4.06. The highest BCUT2D eigenvalue weighted by Crippen LogP contribution is 2.21. The Morgan fingerprint density at radius 2 is 1.74 bits per heavy atom. The van der Waals surface area contributed by atoms with Gasteiger partial charge >= 0.3 is 0 Å². The van der Waals surface area contributed by atoms with Gasteiger partial charge in [-0.15, -0.1) is 5.10 Å². The Morgan fingerprint density at radius 3 is 2.44 bits per heavy atom. The van der Waals surface area contributed by atoms with Gasteiger partial charge in [0.15, 0.2) is 5.69 Å². The molecule has 0 aliphatic rings. The van der Waals surface area contributed by atoms with Crippen LogP contribution in [-0.4, -0.2) is 29.3 Å². The standard InChI is InChI=1S/C15H8ClF3N4O3S/c16-10-5-8(17)2-4-13(10)23-7-12(20-22-23)15(24)21-27(25,26)14-6-9(18)1-3-11(14)19/h1-7H,(H,21,24). The van der Waals surface area contributed by atoms with Gasteiger partial charge in [0, 0.05) is 0 Å². The number of carbonyl (C=O) groups is 1. The van der Waals surface area contributed by atoms with Crippen molar-refractivity contribution in [1.29, 1.82) is 0 Å². The largest absolute Gasteiger partial charge is 0.287 e. The van der Waals surface area contributed by atoms with Gasteiger partial charge in [-0.3, -0.25) is 4.79 Å². The topological polar surface area (TPSA) is 94.0 Å². The molecule has 1 aromatic heterocycles. The molecule has 3 rings (SSSR count). The summed E-state index contributed by atoms with van der Waals surface area (Å²) in [5.41, 5.74) is -0.264. The molecule has 1 amide bonds. The smallest absolute Gasteiger partial charge is 0.266 e. The highest BCUT2D eigenvalue weighted by Gasteiger charge is 2.25. The van der Waals surface area contributed by atoms with Crippen molar-refractivity contribution in [3.05, 3.63) is 70.8 Å². The fraction of sp³-hybridized carbons (Fsp3) is 0. The summed E-state index contributed by atoms with van der Waals surface area (Å²) in [6.45, 7) is 0. The molecule has 0 spiro atoms. The number of halogens is 4. The molecule has 7 nitrogen and oxygen atoms in total. The molecule has 0 fully saturated rings. The second-order valence-corrected chi connectivity index (χ2v) is 7.21. The lowest BCUT2D eigenvalue weighted by molar-refractivity contribution is 0.0976. The Labute approximate surface area is 155 Å². The quantitative estimate of drug-likeness (QED) is 0.705. The number of amides is 1. The van der Waals surface area contributed by atoms with E-state index in [0.29, 0.717) is 12.1 Å². The van der Waals surface area contributed by atoms with E-state index < -0.39 is 44.0 Å². The van der Waals surface area contributed by atoms with Gasteiger partial charge in [0.05, 0.1) is 16.9 Å². The van der Waals surface area contributed by atoms with Gasteiger partial charge in [-0.2, -0.15) is 0 Å². The van der Waals surface area contributed by atoms with E-state index in [4.69, 9.17) is 11.6 Å². The predicted molar refractivity (Wildman–Crippen MR) is 87.3 cm³/mol. The maximum atomic E-state index is 13.6. The molecule has 0 bridgehead atoms. The number of rotatable bonds is 4. The molecule has 0 unspecified atom stereocenters. The van der Waals surface area contributed by atoms with Gasteiger partial charge in [-0.1, -0.05) is 16.8 Å². The van der Waals surface area contributed by atoms with Crippen molar-refractivity contribution in [3.8, 4) is 5.69 Å². The van der Waals surface area contributed by atoms with Crippen LogP contribution in [-0.2, 0) is 10.0 Å². The van der Waals surface area contributed by atoms with Crippen LogP contribution in [0.3, 0.4) is 0 Å². The number of hydrogen-bond acceptors (Lipinski definition) is 5. The van der Waals surface area contributed by atoms with Crippen LogP contribution in [0, 0.1) is 17.5 Å². The van der Waals surface area contributed by atoms with E-state index in [-0.39, 0.29) is 10.7 Å². The highest BCUT2D eigenvalue weighted by molar-refractivity contribution is 7.90. The van der Waals surface area contributed by atoms with Gasteiger partial charge in [0.1, 0.15) is 22.3 Å². The highest BCUT2D eigenvalue weighted by atomic mass is 35.5. The molecule has 0 saturated heterocycles. The van der Waals surface area contributed by atoms with Crippen LogP contribution in [0.15, 0.2) is 47.5 Å². The van der Waals surface area contributed by atoms with Crippen LogP contribution in [0.2, 0.25) is 5.02 Å². The molecule has 0 saturated carbocycles. The fourth-order valence-electron chi connectivity index (χ4n) is 2.07. The third-order valence-corrected chi connectivity index (χ3v) is 4.94. The van der Waals surface area contributed by atoms with Gasteiger partial charge in [-0.25, -0.2) is 31.0 Å². The first-order valence-electron chi connectivity index (χ1n) is 7.07. The van der Waals surface area contributed by atoms with Crippen molar-refractivity contribution in [1.82, 2.24) is 19.7 Å². The van der Waals surface area contributed by atoms with E-state index in [1.165, 1.54) is 6.07 Å². The lowest BCUT2D eigenvalue weighted by Crippen LogP contribution is -2.31. The van der Waals surface area contributed by atoms with Crippen molar-refractivity contribution in [2.45, 2.75) is 4.90 Å². The number of nitrogens with one attached hydrogen (secondary N) is 1.